The van der Waals surface area contributed by atoms with Crippen LogP contribution in [-0.2, 0) is 0 Å². The quantitative estimate of drug-likeness (QED) is 0.943. The van der Waals surface area contributed by atoms with Crippen LogP contribution in [0.3, 0.4) is 0 Å². The summed E-state index contributed by atoms with van der Waals surface area (Å²) in [5.41, 5.74) is 2.72. The molecule has 2 aliphatic rings. The van der Waals surface area contributed by atoms with Gasteiger partial charge in [-0.2, -0.15) is 5.26 Å². The molecule has 1 aliphatic heterocycles. The summed E-state index contributed by atoms with van der Waals surface area (Å²) in [4.78, 5) is 6.79. The molecule has 1 saturated heterocycles. The van der Waals surface area contributed by atoms with E-state index in [4.69, 9.17) is 0 Å². The van der Waals surface area contributed by atoms with Gasteiger partial charge in [0.05, 0.1) is 16.8 Å². The molecule has 4 rings (SSSR count). The zero-order chi connectivity index (χ0) is 15.6. The van der Waals surface area contributed by atoms with Crippen molar-refractivity contribution in [3.05, 3.63) is 36.0 Å². The van der Waals surface area contributed by atoms with Gasteiger partial charge in [0.25, 0.3) is 0 Å². The first kappa shape index (κ1) is 14.5. The Bertz CT molecular complexity index is 737. The van der Waals surface area contributed by atoms with Crippen molar-refractivity contribution in [1.29, 1.82) is 5.26 Å². The fourth-order valence-electron chi connectivity index (χ4n) is 3.51. The monoisotopic (exact) mass is 306 g/mol. The molecule has 1 aromatic carbocycles. The highest BCUT2D eigenvalue weighted by atomic mass is 15.2. The van der Waals surface area contributed by atoms with Crippen molar-refractivity contribution in [1.82, 2.24) is 10.3 Å². The fraction of sp³-hybridized carbons (Fsp3) is 0.474. The van der Waals surface area contributed by atoms with Crippen molar-refractivity contribution in [2.75, 3.05) is 24.5 Å². The van der Waals surface area contributed by atoms with Crippen LogP contribution in [0.5, 0.6) is 0 Å². The lowest BCUT2D eigenvalue weighted by atomic mass is 10.0. The number of rotatable bonds is 4. The number of nitrogens with zero attached hydrogens (tertiary/aromatic N) is 3. The minimum absolute atomic E-state index is 0.630. The lowest BCUT2D eigenvalue weighted by molar-refractivity contribution is 0.409. The average Bonchev–Trinajstić information content (AvgIpc) is 3.44. The van der Waals surface area contributed by atoms with E-state index in [1.54, 1.807) is 6.20 Å². The second-order valence-corrected chi connectivity index (χ2v) is 6.76. The molecular formula is C19H22N4. The van der Waals surface area contributed by atoms with Crippen molar-refractivity contribution in [3.63, 3.8) is 0 Å². The summed E-state index contributed by atoms with van der Waals surface area (Å²) < 4.78 is 0. The molecule has 2 aromatic rings. The molecule has 0 radical (unpaired) electrons. The maximum absolute atomic E-state index is 9.48. The van der Waals surface area contributed by atoms with Crippen molar-refractivity contribution in [2.24, 2.45) is 5.92 Å². The largest absolute Gasteiger partial charge is 0.370 e. The Morgan fingerprint density at radius 2 is 1.96 bits per heavy atom. The molecule has 118 valence electrons. The molecule has 2 fully saturated rings. The van der Waals surface area contributed by atoms with Crippen LogP contribution in [0.1, 0.15) is 31.2 Å². The molecule has 2 heterocycles. The third-order valence-corrected chi connectivity index (χ3v) is 5.07. The number of hydrogen-bond donors (Lipinski definition) is 1. The lowest BCUT2D eigenvalue weighted by Crippen LogP contribution is -2.43. The van der Waals surface area contributed by atoms with E-state index in [2.05, 4.69) is 27.3 Å². The number of pyridine rings is 1. The number of nitrogens with one attached hydrogen (secondary N) is 1. The van der Waals surface area contributed by atoms with Crippen LogP contribution in [-0.4, -0.2) is 30.7 Å². The molecule has 0 spiro atoms. The molecular weight excluding hydrogens is 284 g/mol. The SMILES string of the molecule is N#Cc1cnc2ccccc2c1N1CCC(NCC2CC2)CC1. The molecule has 1 aliphatic carbocycles. The van der Waals surface area contributed by atoms with Gasteiger partial charge in [-0.1, -0.05) is 18.2 Å². The Kier molecular flexibility index (Phi) is 3.88. The third-order valence-electron chi connectivity index (χ3n) is 5.07. The molecule has 0 bridgehead atoms. The summed E-state index contributed by atoms with van der Waals surface area (Å²) in [6, 6.07) is 11.1. The predicted molar refractivity (Wildman–Crippen MR) is 92.4 cm³/mol. The summed E-state index contributed by atoms with van der Waals surface area (Å²) in [7, 11) is 0. The molecule has 1 aromatic heterocycles. The van der Waals surface area contributed by atoms with Gasteiger partial charge >= 0.3 is 0 Å². The molecule has 0 atom stereocenters. The highest BCUT2D eigenvalue weighted by Crippen LogP contribution is 2.32. The summed E-state index contributed by atoms with van der Waals surface area (Å²) in [5, 5.41) is 14.3. The van der Waals surface area contributed by atoms with Crippen molar-refractivity contribution in [3.8, 4) is 6.07 Å². The molecule has 0 amide bonds. The molecule has 23 heavy (non-hydrogen) atoms. The molecule has 0 unspecified atom stereocenters. The maximum atomic E-state index is 9.48. The Morgan fingerprint density at radius 3 is 2.70 bits per heavy atom. The highest BCUT2D eigenvalue weighted by molar-refractivity contribution is 5.94. The number of para-hydroxylation sites is 1. The number of anilines is 1. The summed E-state index contributed by atoms with van der Waals surface area (Å²) in [5.74, 6) is 0.933. The number of hydrogen-bond acceptors (Lipinski definition) is 4. The first-order chi connectivity index (χ1) is 11.3. The number of benzene rings is 1. The zero-order valence-electron chi connectivity index (χ0n) is 13.3. The second kappa shape index (κ2) is 6.17. The zero-order valence-corrected chi connectivity index (χ0v) is 13.3. The van der Waals surface area contributed by atoms with E-state index in [0.717, 1.165) is 48.4 Å². The van der Waals surface area contributed by atoms with E-state index in [9.17, 15) is 5.26 Å². The van der Waals surface area contributed by atoms with Crippen LogP contribution >= 0.6 is 0 Å². The topological polar surface area (TPSA) is 52.0 Å². The Labute approximate surface area is 137 Å². The van der Waals surface area contributed by atoms with Gasteiger partial charge in [0.15, 0.2) is 0 Å². The first-order valence-electron chi connectivity index (χ1n) is 8.61. The Hall–Kier alpha value is -2.12. The van der Waals surface area contributed by atoms with Crippen LogP contribution in [0.15, 0.2) is 30.5 Å². The number of nitriles is 1. The second-order valence-electron chi connectivity index (χ2n) is 6.76. The fourth-order valence-corrected chi connectivity index (χ4v) is 3.51. The Morgan fingerprint density at radius 1 is 1.17 bits per heavy atom. The third kappa shape index (κ3) is 3.02. The van der Waals surface area contributed by atoms with Crippen LogP contribution < -0.4 is 10.2 Å². The molecule has 1 saturated carbocycles. The first-order valence-corrected chi connectivity index (χ1v) is 8.61. The molecule has 4 nitrogen and oxygen atoms in total. The smallest absolute Gasteiger partial charge is 0.103 e. The lowest BCUT2D eigenvalue weighted by Gasteiger charge is -2.35. The normalized spacial score (nSPS) is 19.0. The van der Waals surface area contributed by atoms with Gasteiger partial charge in [-0.3, -0.25) is 4.98 Å². The van der Waals surface area contributed by atoms with Gasteiger partial charge in [0.2, 0.25) is 0 Å². The van der Waals surface area contributed by atoms with E-state index in [0.29, 0.717) is 11.6 Å². The van der Waals surface area contributed by atoms with Crippen molar-refractivity contribution in [2.45, 2.75) is 31.7 Å². The van der Waals surface area contributed by atoms with Crippen LogP contribution in [0.2, 0.25) is 0 Å². The van der Waals surface area contributed by atoms with E-state index >= 15 is 0 Å². The summed E-state index contributed by atoms with van der Waals surface area (Å²) >= 11 is 0. The van der Waals surface area contributed by atoms with Crippen LogP contribution in [0, 0.1) is 17.2 Å². The van der Waals surface area contributed by atoms with Gasteiger partial charge in [0.1, 0.15) is 6.07 Å². The van der Waals surface area contributed by atoms with Gasteiger partial charge < -0.3 is 10.2 Å². The maximum Gasteiger partial charge on any atom is 0.103 e. The average molecular weight is 306 g/mol. The predicted octanol–water partition coefficient (Wildman–Crippen LogP) is 3.07. The Balaban J connectivity index is 1.54. The van der Waals surface area contributed by atoms with Gasteiger partial charge in [-0.05, 0) is 44.2 Å². The standard InChI is InChI=1S/C19H22N4/c20-11-15-13-22-18-4-2-1-3-17(18)19(15)23-9-7-16(8-10-23)21-12-14-5-6-14/h1-4,13-14,16,21H,5-10,12H2. The summed E-state index contributed by atoms with van der Waals surface area (Å²) in [6.07, 6.45) is 6.82. The van der Waals surface area contributed by atoms with Gasteiger partial charge in [0, 0.05) is 30.7 Å². The summed E-state index contributed by atoms with van der Waals surface area (Å²) in [6.45, 7) is 3.20. The van der Waals surface area contributed by atoms with Crippen molar-refractivity contribution >= 4 is 16.6 Å². The van der Waals surface area contributed by atoms with E-state index in [1.807, 2.05) is 18.2 Å². The molecule has 4 heteroatoms. The van der Waals surface area contributed by atoms with Crippen LogP contribution in [0.25, 0.3) is 10.9 Å². The van der Waals surface area contributed by atoms with Gasteiger partial charge in [-0.15, -0.1) is 0 Å². The van der Waals surface area contributed by atoms with Crippen molar-refractivity contribution < 1.29 is 0 Å². The highest BCUT2D eigenvalue weighted by Gasteiger charge is 2.25. The number of aromatic nitrogens is 1. The minimum atomic E-state index is 0.630. The van der Waals surface area contributed by atoms with Gasteiger partial charge in [-0.25, -0.2) is 0 Å². The molecule has 1 N–H and O–H groups in total. The van der Waals surface area contributed by atoms with E-state index in [1.165, 1.54) is 19.4 Å². The number of fused-ring (bicyclic) bond motifs is 1. The minimum Gasteiger partial charge on any atom is -0.370 e. The van der Waals surface area contributed by atoms with E-state index < -0.39 is 0 Å². The van der Waals surface area contributed by atoms with Crippen LogP contribution in [0.4, 0.5) is 5.69 Å². The van der Waals surface area contributed by atoms with E-state index in [-0.39, 0.29) is 0 Å². The number of piperidine rings is 1.